The summed E-state index contributed by atoms with van der Waals surface area (Å²) in [6.45, 7) is 5.95. The summed E-state index contributed by atoms with van der Waals surface area (Å²) < 4.78 is 26.2. The van der Waals surface area contributed by atoms with Crippen LogP contribution in [-0.4, -0.2) is 67.6 Å². The second kappa shape index (κ2) is 7.33. The molecular weight excluding hydrogens is 302 g/mol. The molecule has 2 heterocycles. The van der Waals surface area contributed by atoms with Crippen molar-refractivity contribution in [2.45, 2.75) is 12.5 Å². The molecule has 1 atom stereocenters. The van der Waals surface area contributed by atoms with Gasteiger partial charge in [-0.3, -0.25) is 14.6 Å². The lowest BCUT2D eigenvalue weighted by atomic mass is 10.2. The molecule has 0 spiro atoms. The van der Waals surface area contributed by atoms with E-state index in [-0.39, 0.29) is 18.1 Å². The van der Waals surface area contributed by atoms with Crippen LogP contribution in [0.15, 0.2) is 18.2 Å². The van der Waals surface area contributed by atoms with Crippen LogP contribution in [0, 0.1) is 11.6 Å². The van der Waals surface area contributed by atoms with Gasteiger partial charge in [-0.2, -0.15) is 0 Å². The minimum absolute atomic E-state index is 0.156. The molecule has 7 heteroatoms. The monoisotopic (exact) mass is 324 g/mol. The molecule has 5 nitrogen and oxygen atoms in total. The predicted octanol–water partition coefficient (Wildman–Crippen LogP) is 0.883. The first-order valence-corrected chi connectivity index (χ1v) is 8.03. The number of carbonyl (C=O) groups is 1. The fraction of sp³-hybridized carbons (Fsp3) is 0.562. The van der Waals surface area contributed by atoms with Crippen molar-refractivity contribution in [1.29, 1.82) is 0 Å². The first-order valence-electron chi connectivity index (χ1n) is 8.03. The van der Waals surface area contributed by atoms with Gasteiger partial charge in [-0.05, 0) is 25.1 Å². The molecule has 126 valence electrons. The molecule has 0 aliphatic carbocycles. The molecule has 2 N–H and O–H groups in total. The quantitative estimate of drug-likeness (QED) is 0.863. The fourth-order valence-electron chi connectivity index (χ4n) is 3.27. The molecule has 0 radical (unpaired) electrons. The first kappa shape index (κ1) is 16.3. The Bertz CT molecular complexity index is 535. The average molecular weight is 324 g/mol. The maximum absolute atomic E-state index is 13.1. The van der Waals surface area contributed by atoms with Gasteiger partial charge in [-0.25, -0.2) is 8.78 Å². The highest BCUT2D eigenvalue weighted by molar-refractivity contribution is 5.92. The molecule has 1 unspecified atom stereocenters. The SMILES string of the molecule is O=C(CN1CCN(C2CCNC2)CC1)Nc1cc(F)cc(F)c1. The van der Waals surface area contributed by atoms with Crippen molar-refractivity contribution in [1.82, 2.24) is 15.1 Å². The number of anilines is 1. The Hall–Kier alpha value is -1.57. The molecule has 1 amide bonds. The minimum Gasteiger partial charge on any atom is -0.325 e. The summed E-state index contributed by atoms with van der Waals surface area (Å²) in [5, 5.41) is 5.92. The lowest BCUT2D eigenvalue weighted by molar-refractivity contribution is -0.117. The smallest absolute Gasteiger partial charge is 0.238 e. The van der Waals surface area contributed by atoms with Crippen molar-refractivity contribution in [2.24, 2.45) is 0 Å². The maximum atomic E-state index is 13.1. The van der Waals surface area contributed by atoms with Crippen LogP contribution < -0.4 is 10.6 Å². The van der Waals surface area contributed by atoms with Gasteiger partial charge in [0.1, 0.15) is 11.6 Å². The number of benzene rings is 1. The highest BCUT2D eigenvalue weighted by Crippen LogP contribution is 2.14. The Labute approximate surface area is 134 Å². The van der Waals surface area contributed by atoms with Crippen LogP contribution in [0.1, 0.15) is 6.42 Å². The highest BCUT2D eigenvalue weighted by atomic mass is 19.1. The lowest BCUT2D eigenvalue weighted by Crippen LogP contribution is -2.52. The van der Waals surface area contributed by atoms with Gasteiger partial charge >= 0.3 is 0 Å². The van der Waals surface area contributed by atoms with Crippen LogP contribution in [0.25, 0.3) is 0 Å². The zero-order valence-corrected chi connectivity index (χ0v) is 13.0. The molecule has 2 saturated heterocycles. The second-order valence-electron chi connectivity index (χ2n) is 6.17. The maximum Gasteiger partial charge on any atom is 0.238 e. The highest BCUT2D eigenvalue weighted by Gasteiger charge is 2.26. The number of carbonyl (C=O) groups excluding carboxylic acids is 1. The van der Waals surface area contributed by atoms with Gasteiger partial charge in [0.2, 0.25) is 5.91 Å². The predicted molar refractivity (Wildman–Crippen MR) is 84.3 cm³/mol. The fourth-order valence-corrected chi connectivity index (χ4v) is 3.27. The second-order valence-corrected chi connectivity index (χ2v) is 6.17. The normalized spacial score (nSPS) is 23.1. The van der Waals surface area contributed by atoms with Crippen LogP contribution in [0.5, 0.6) is 0 Å². The van der Waals surface area contributed by atoms with E-state index in [1.807, 2.05) is 0 Å². The van der Waals surface area contributed by atoms with Crippen molar-refractivity contribution in [3.8, 4) is 0 Å². The van der Waals surface area contributed by atoms with Gasteiger partial charge < -0.3 is 10.6 Å². The number of hydrogen-bond donors (Lipinski definition) is 2. The summed E-state index contributed by atoms with van der Waals surface area (Å²) in [6.07, 6.45) is 1.19. The zero-order chi connectivity index (χ0) is 16.2. The van der Waals surface area contributed by atoms with E-state index < -0.39 is 11.6 Å². The number of rotatable bonds is 4. The van der Waals surface area contributed by atoms with Crippen molar-refractivity contribution in [3.05, 3.63) is 29.8 Å². The summed E-state index contributed by atoms with van der Waals surface area (Å²) in [7, 11) is 0. The molecule has 3 rings (SSSR count). The summed E-state index contributed by atoms with van der Waals surface area (Å²) in [4.78, 5) is 16.6. The van der Waals surface area contributed by atoms with E-state index in [0.717, 1.165) is 57.5 Å². The summed E-state index contributed by atoms with van der Waals surface area (Å²) in [6, 6.07) is 3.63. The topological polar surface area (TPSA) is 47.6 Å². The Morgan fingerprint density at radius 3 is 2.48 bits per heavy atom. The lowest BCUT2D eigenvalue weighted by Gasteiger charge is -2.37. The zero-order valence-electron chi connectivity index (χ0n) is 13.0. The van der Waals surface area contributed by atoms with Crippen LogP contribution in [-0.2, 0) is 4.79 Å². The summed E-state index contributed by atoms with van der Waals surface area (Å²) in [5.41, 5.74) is 0.156. The third-order valence-corrected chi connectivity index (χ3v) is 4.47. The molecule has 1 aromatic rings. The molecule has 1 aromatic carbocycles. The molecule has 0 bridgehead atoms. The minimum atomic E-state index is -0.695. The number of piperazine rings is 1. The van der Waals surface area contributed by atoms with E-state index in [9.17, 15) is 13.6 Å². The van der Waals surface area contributed by atoms with E-state index in [0.29, 0.717) is 6.04 Å². The molecule has 2 fully saturated rings. The summed E-state index contributed by atoms with van der Waals surface area (Å²) >= 11 is 0. The van der Waals surface area contributed by atoms with Crippen LogP contribution >= 0.6 is 0 Å². The summed E-state index contributed by atoms with van der Waals surface area (Å²) in [5.74, 6) is -1.64. The Kier molecular flexibility index (Phi) is 5.20. The van der Waals surface area contributed by atoms with E-state index in [1.54, 1.807) is 0 Å². The first-order chi connectivity index (χ1) is 11.1. The number of nitrogens with zero attached hydrogens (tertiary/aromatic N) is 2. The Balaban J connectivity index is 1.45. The van der Waals surface area contributed by atoms with Crippen LogP contribution in [0.3, 0.4) is 0 Å². The van der Waals surface area contributed by atoms with E-state index >= 15 is 0 Å². The molecule has 2 aliphatic rings. The van der Waals surface area contributed by atoms with Crippen molar-refractivity contribution < 1.29 is 13.6 Å². The van der Waals surface area contributed by atoms with Crippen LogP contribution in [0.2, 0.25) is 0 Å². The van der Waals surface area contributed by atoms with Gasteiger partial charge in [0.05, 0.1) is 6.54 Å². The van der Waals surface area contributed by atoms with Gasteiger partial charge in [-0.15, -0.1) is 0 Å². The van der Waals surface area contributed by atoms with Crippen molar-refractivity contribution in [3.63, 3.8) is 0 Å². The largest absolute Gasteiger partial charge is 0.325 e. The number of nitrogens with one attached hydrogen (secondary N) is 2. The van der Waals surface area contributed by atoms with Gasteiger partial charge in [0, 0.05) is 50.5 Å². The standard InChI is InChI=1S/C16H22F2N4O/c17-12-7-13(18)9-14(8-12)20-16(23)11-21-3-5-22(6-4-21)15-1-2-19-10-15/h7-9,15,19H,1-6,10-11H2,(H,20,23). The van der Waals surface area contributed by atoms with E-state index in [1.165, 1.54) is 6.42 Å². The molecular formula is C16H22F2N4O. The van der Waals surface area contributed by atoms with E-state index in [4.69, 9.17) is 0 Å². The molecule has 0 saturated carbocycles. The number of amides is 1. The average Bonchev–Trinajstić information content (AvgIpc) is 3.01. The third kappa shape index (κ3) is 4.46. The third-order valence-electron chi connectivity index (χ3n) is 4.47. The number of hydrogen-bond acceptors (Lipinski definition) is 4. The van der Waals surface area contributed by atoms with Gasteiger partial charge in [0.15, 0.2) is 0 Å². The van der Waals surface area contributed by atoms with Gasteiger partial charge in [0.25, 0.3) is 0 Å². The van der Waals surface area contributed by atoms with E-state index in [2.05, 4.69) is 20.4 Å². The van der Waals surface area contributed by atoms with Gasteiger partial charge in [-0.1, -0.05) is 0 Å². The molecule has 2 aliphatic heterocycles. The van der Waals surface area contributed by atoms with Crippen LogP contribution in [0.4, 0.5) is 14.5 Å². The molecule has 0 aromatic heterocycles. The Morgan fingerprint density at radius 2 is 1.87 bits per heavy atom. The van der Waals surface area contributed by atoms with Crippen molar-refractivity contribution >= 4 is 11.6 Å². The number of halogens is 2. The van der Waals surface area contributed by atoms with Crippen molar-refractivity contribution in [2.75, 3.05) is 51.1 Å². The molecule has 23 heavy (non-hydrogen) atoms. The Morgan fingerprint density at radius 1 is 1.17 bits per heavy atom.